The summed E-state index contributed by atoms with van der Waals surface area (Å²) in [5.74, 6) is -3.86. The molecule has 7 atom stereocenters. The van der Waals surface area contributed by atoms with Gasteiger partial charge in [-0.25, -0.2) is 4.79 Å². The molecule has 0 aromatic rings. The molecule has 0 spiro atoms. The predicted octanol–water partition coefficient (Wildman–Crippen LogP) is -4.21. The molecule has 1 fully saturated rings. The Labute approximate surface area is 126 Å². The number of aliphatic hydroxyl groups excluding tert-OH is 5. The first-order chi connectivity index (χ1) is 10.1. The van der Waals surface area contributed by atoms with Crippen LogP contribution in [0, 0.1) is 0 Å². The lowest BCUT2D eigenvalue weighted by Gasteiger charge is -2.43. The Balaban J connectivity index is 2.87. The summed E-state index contributed by atoms with van der Waals surface area (Å²) in [6, 6.07) is -1.21. The van der Waals surface area contributed by atoms with Crippen LogP contribution in [0.25, 0.3) is 0 Å². The molecule has 0 radical (unpaired) electrons. The smallest absolute Gasteiger partial charge is 0.366 e. The molecule has 1 saturated heterocycles. The van der Waals surface area contributed by atoms with Crippen LogP contribution in [0.3, 0.4) is 0 Å². The van der Waals surface area contributed by atoms with Gasteiger partial charge in [0.25, 0.3) is 5.79 Å². The number of nitrogens with two attached hydrogens (primary N) is 1. The normalized spacial score (nSPS) is 36.5. The van der Waals surface area contributed by atoms with Gasteiger partial charge < -0.3 is 45.8 Å². The summed E-state index contributed by atoms with van der Waals surface area (Å²) in [6.45, 7) is 0.141. The minimum absolute atomic E-state index is 0.404. The first-order valence-electron chi connectivity index (χ1n) is 6.78. The predicted molar refractivity (Wildman–Crippen MR) is 70.2 cm³/mol. The molecule has 4 unspecified atom stereocenters. The minimum atomic E-state index is -2.59. The fourth-order valence-electron chi connectivity index (χ4n) is 2.06. The first kappa shape index (κ1) is 19.2. The first-order valence-corrected chi connectivity index (χ1v) is 6.78. The van der Waals surface area contributed by atoms with Gasteiger partial charge in [0.1, 0.15) is 24.9 Å². The lowest BCUT2D eigenvalue weighted by Crippen LogP contribution is -2.66. The summed E-state index contributed by atoms with van der Waals surface area (Å²) in [5.41, 5.74) is 5.63. The molecule has 0 aromatic heterocycles. The lowest BCUT2D eigenvalue weighted by molar-refractivity contribution is -0.295. The Hall–Kier alpha value is -0.850. The van der Waals surface area contributed by atoms with Crippen molar-refractivity contribution in [3.8, 4) is 0 Å². The molecule has 0 aliphatic carbocycles. The van der Waals surface area contributed by atoms with E-state index in [1.165, 1.54) is 6.92 Å². The summed E-state index contributed by atoms with van der Waals surface area (Å²) in [7, 11) is 0. The van der Waals surface area contributed by atoms with Crippen molar-refractivity contribution < 1.29 is 44.9 Å². The maximum absolute atomic E-state index is 11.8. The number of aliphatic hydroxyl groups is 6. The second-order valence-corrected chi connectivity index (χ2v) is 5.40. The van der Waals surface area contributed by atoms with Gasteiger partial charge in [0.15, 0.2) is 0 Å². The molecule has 130 valence electrons. The molecule has 1 aliphatic rings. The molecule has 0 aromatic carbocycles. The third-order valence-corrected chi connectivity index (χ3v) is 3.33. The summed E-state index contributed by atoms with van der Waals surface area (Å²) in [5, 5.41) is 57.1. The van der Waals surface area contributed by atoms with Gasteiger partial charge in [0.2, 0.25) is 0 Å². The average Bonchev–Trinajstić information content (AvgIpc) is 2.46. The third-order valence-electron chi connectivity index (χ3n) is 3.33. The molecule has 1 heterocycles. The van der Waals surface area contributed by atoms with Crippen LogP contribution < -0.4 is 5.73 Å². The van der Waals surface area contributed by atoms with E-state index >= 15 is 0 Å². The second kappa shape index (κ2) is 7.62. The lowest BCUT2D eigenvalue weighted by atomic mass is 9.89. The van der Waals surface area contributed by atoms with Crippen LogP contribution in [0.4, 0.5) is 0 Å². The fourth-order valence-corrected chi connectivity index (χ4v) is 2.06. The number of hydrogen-bond donors (Lipinski definition) is 7. The number of carbonyl (C=O) groups is 1. The molecule has 8 N–H and O–H groups in total. The Bertz CT molecular complexity index is 380. The molecule has 10 heteroatoms. The van der Waals surface area contributed by atoms with E-state index in [9.17, 15) is 25.2 Å². The van der Waals surface area contributed by atoms with Crippen molar-refractivity contribution in [3.63, 3.8) is 0 Å². The van der Waals surface area contributed by atoms with E-state index in [4.69, 9.17) is 20.7 Å². The SMILES string of the molecule is CC(O)COC(=O)C1(O)C[C@H](O)[C@@H](N)[C@H](C(O)C(O)CO)O1. The summed E-state index contributed by atoms with van der Waals surface area (Å²) < 4.78 is 9.66. The second-order valence-electron chi connectivity index (χ2n) is 5.40. The van der Waals surface area contributed by atoms with Crippen LogP contribution >= 0.6 is 0 Å². The molecule has 1 aliphatic heterocycles. The standard InChI is InChI=1S/C12H23NO9/c1-5(15)4-21-11(19)12(20)2-6(16)8(13)10(22-12)9(18)7(17)3-14/h5-10,14-18,20H,2-4,13H2,1H3/t5?,6-,7?,8+,9?,10+,12?/m0/s1. The number of hydrogen-bond acceptors (Lipinski definition) is 10. The summed E-state index contributed by atoms with van der Waals surface area (Å²) in [6.07, 6.45) is -7.91. The Morgan fingerprint density at radius 2 is 2.05 bits per heavy atom. The van der Waals surface area contributed by atoms with Gasteiger partial charge in [-0.15, -0.1) is 0 Å². The number of ether oxygens (including phenoxy) is 2. The van der Waals surface area contributed by atoms with E-state index in [0.717, 1.165) is 0 Å². The molecular weight excluding hydrogens is 302 g/mol. The van der Waals surface area contributed by atoms with Crippen molar-refractivity contribution in [2.45, 2.75) is 55.7 Å². The van der Waals surface area contributed by atoms with Crippen LogP contribution in [-0.2, 0) is 14.3 Å². The van der Waals surface area contributed by atoms with Gasteiger partial charge in [-0.2, -0.15) is 0 Å². The van der Waals surface area contributed by atoms with E-state index in [-0.39, 0.29) is 0 Å². The Morgan fingerprint density at radius 1 is 1.45 bits per heavy atom. The largest absolute Gasteiger partial charge is 0.459 e. The molecule has 0 bridgehead atoms. The highest BCUT2D eigenvalue weighted by atomic mass is 16.7. The minimum Gasteiger partial charge on any atom is -0.459 e. The summed E-state index contributed by atoms with van der Waals surface area (Å²) >= 11 is 0. The van der Waals surface area contributed by atoms with Gasteiger partial charge in [-0.1, -0.05) is 0 Å². The Morgan fingerprint density at radius 3 is 2.55 bits per heavy atom. The molecule has 10 nitrogen and oxygen atoms in total. The van der Waals surface area contributed by atoms with Gasteiger partial charge in [0.05, 0.1) is 24.9 Å². The van der Waals surface area contributed by atoms with Crippen molar-refractivity contribution in [2.75, 3.05) is 13.2 Å². The quantitative estimate of drug-likeness (QED) is 0.236. The van der Waals surface area contributed by atoms with Gasteiger partial charge in [0, 0.05) is 6.42 Å². The van der Waals surface area contributed by atoms with Crippen molar-refractivity contribution in [2.24, 2.45) is 5.73 Å². The number of rotatable bonds is 6. The monoisotopic (exact) mass is 325 g/mol. The van der Waals surface area contributed by atoms with E-state index in [1.807, 2.05) is 0 Å². The maximum Gasteiger partial charge on any atom is 0.366 e. The van der Waals surface area contributed by atoms with Crippen molar-refractivity contribution in [1.29, 1.82) is 0 Å². The molecule has 1 rings (SSSR count). The van der Waals surface area contributed by atoms with E-state index < -0.39 is 68.0 Å². The number of esters is 1. The van der Waals surface area contributed by atoms with E-state index in [1.54, 1.807) is 0 Å². The van der Waals surface area contributed by atoms with Gasteiger partial charge in [-0.3, -0.25) is 0 Å². The zero-order valence-corrected chi connectivity index (χ0v) is 12.1. The average molecular weight is 325 g/mol. The van der Waals surface area contributed by atoms with Crippen LogP contribution in [0.15, 0.2) is 0 Å². The maximum atomic E-state index is 11.8. The van der Waals surface area contributed by atoms with Crippen LogP contribution in [-0.4, -0.2) is 92.2 Å². The number of carbonyl (C=O) groups excluding carboxylic acids is 1. The molecule has 0 saturated carbocycles. The zero-order chi connectivity index (χ0) is 17.1. The zero-order valence-electron chi connectivity index (χ0n) is 12.1. The molecule has 0 amide bonds. The summed E-state index contributed by atoms with van der Waals surface area (Å²) in [4.78, 5) is 11.8. The third kappa shape index (κ3) is 4.33. The van der Waals surface area contributed by atoms with Gasteiger partial charge in [-0.05, 0) is 6.92 Å². The van der Waals surface area contributed by atoms with Crippen molar-refractivity contribution in [1.82, 2.24) is 0 Å². The molecular formula is C12H23NO9. The Kier molecular flexibility index (Phi) is 6.65. The van der Waals surface area contributed by atoms with E-state index in [0.29, 0.717) is 0 Å². The molecule has 22 heavy (non-hydrogen) atoms. The van der Waals surface area contributed by atoms with E-state index in [2.05, 4.69) is 4.74 Å². The highest BCUT2D eigenvalue weighted by molar-refractivity contribution is 5.77. The topological polar surface area (TPSA) is 183 Å². The van der Waals surface area contributed by atoms with Crippen molar-refractivity contribution in [3.05, 3.63) is 0 Å². The highest BCUT2D eigenvalue weighted by Gasteiger charge is 2.53. The van der Waals surface area contributed by atoms with Crippen molar-refractivity contribution >= 4 is 5.97 Å². The van der Waals surface area contributed by atoms with Gasteiger partial charge >= 0.3 is 5.97 Å². The fraction of sp³-hybridized carbons (Fsp3) is 0.917. The van der Waals surface area contributed by atoms with Crippen LogP contribution in [0.1, 0.15) is 13.3 Å². The van der Waals surface area contributed by atoms with Crippen LogP contribution in [0.2, 0.25) is 0 Å². The van der Waals surface area contributed by atoms with Crippen LogP contribution in [0.5, 0.6) is 0 Å². The highest BCUT2D eigenvalue weighted by Crippen LogP contribution is 2.30.